The molecule has 0 aliphatic carbocycles. The Morgan fingerprint density at radius 2 is 2.00 bits per heavy atom. The number of thiophene rings is 1. The molecule has 0 saturated heterocycles. The molecule has 5 heteroatoms. The number of fused-ring (bicyclic) bond motifs is 1. The normalized spacial score (nSPS) is 11.5. The fourth-order valence-corrected chi connectivity index (χ4v) is 3.64. The van der Waals surface area contributed by atoms with Gasteiger partial charge in [-0.15, -0.1) is 11.3 Å². The molecule has 0 aliphatic rings. The lowest BCUT2D eigenvalue weighted by atomic mass is 10.2. The van der Waals surface area contributed by atoms with Crippen LogP contribution in [0.25, 0.3) is 10.2 Å². The van der Waals surface area contributed by atoms with Crippen molar-refractivity contribution in [3.63, 3.8) is 0 Å². The SMILES string of the molecule is CCCCCN(c1nc(Cl)nc2sc(CC)cc12)C(C)C. The van der Waals surface area contributed by atoms with Crippen molar-refractivity contribution >= 4 is 39.0 Å². The summed E-state index contributed by atoms with van der Waals surface area (Å²) in [5, 5.41) is 1.49. The third kappa shape index (κ3) is 3.86. The number of nitrogens with zero attached hydrogens (tertiary/aromatic N) is 3. The first kappa shape index (κ1) is 16.5. The van der Waals surface area contributed by atoms with Gasteiger partial charge in [0.1, 0.15) is 10.6 Å². The van der Waals surface area contributed by atoms with E-state index in [0.29, 0.717) is 11.3 Å². The molecule has 0 radical (unpaired) electrons. The third-order valence-electron chi connectivity index (χ3n) is 3.64. The minimum Gasteiger partial charge on any atom is -0.354 e. The number of halogens is 1. The van der Waals surface area contributed by atoms with Gasteiger partial charge in [0.25, 0.3) is 0 Å². The van der Waals surface area contributed by atoms with E-state index in [1.54, 1.807) is 11.3 Å². The summed E-state index contributed by atoms with van der Waals surface area (Å²) in [6, 6.07) is 2.63. The summed E-state index contributed by atoms with van der Waals surface area (Å²) in [5.41, 5.74) is 0. The second kappa shape index (κ2) is 7.41. The summed E-state index contributed by atoms with van der Waals surface area (Å²) in [7, 11) is 0. The first-order valence-corrected chi connectivity index (χ1v) is 8.98. The van der Waals surface area contributed by atoms with Crippen molar-refractivity contribution in [2.75, 3.05) is 11.4 Å². The van der Waals surface area contributed by atoms with E-state index in [0.717, 1.165) is 29.0 Å². The molecule has 0 atom stereocenters. The van der Waals surface area contributed by atoms with E-state index in [1.165, 1.54) is 24.1 Å². The second-order valence-corrected chi connectivity index (χ2v) is 7.05. The monoisotopic (exact) mass is 325 g/mol. The van der Waals surface area contributed by atoms with Crippen LogP contribution in [-0.2, 0) is 6.42 Å². The van der Waals surface area contributed by atoms with Crippen molar-refractivity contribution in [1.82, 2.24) is 9.97 Å². The van der Waals surface area contributed by atoms with Crippen LogP contribution in [0.2, 0.25) is 5.28 Å². The summed E-state index contributed by atoms with van der Waals surface area (Å²) < 4.78 is 0. The van der Waals surface area contributed by atoms with Gasteiger partial charge in [-0.25, -0.2) is 4.98 Å². The summed E-state index contributed by atoms with van der Waals surface area (Å²) in [6.45, 7) is 9.83. The maximum atomic E-state index is 6.14. The number of aryl methyl sites for hydroxylation is 1. The lowest BCUT2D eigenvalue weighted by Gasteiger charge is -2.28. The molecule has 0 fully saturated rings. The van der Waals surface area contributed by atoms with E-state index in [4.69, 9.17) is 11.6 Å². The summed E-state index contributed by atoms with van der Waals surface area (Å²) in [5.74, 6) is 0.993. The predicted octanol–water partition coefficient (Wildman–Crippen LogP) is 5.31. The van der Waals surface area contributed by atoms with Crippen LogP contribution >= 0.6 is 22.9 Å². The van der Waals surface area contributed by atoms with Gasteiger partial charge in [-0.1, -0.05) is 26.7 Å². The van der Waals surface area contributed by atoms with Crippen molar-refractivity contribution in [2.45, 2.75) is 59.4 Å². The zero-order valence-corrected chi connectivity index (χ0v) is 14.9. The van der Waals surface area contributed by atoms with Gasteiger partial charge in [0.05, 0.1) is 5.39 Å². The molecule has 0 spiro atoms. The molecule has 0 unspecified atom stereocenters. The predicted molar refractivity (Wildman–Crippen MR) is 93.8 cm³/mol. The van der Waals surface area contributed by atoms with Gasteiger partial charge >= 0.3 is 0 Å². The Hall–Kier alpha value is -0.870. The van der Waals surface area contributed by atoms with Crippen molar-refractivity contribution < 1.29 is 0 Å². The Morgan fingerprint density at radius 3 is 2.62 bits per heavy atom. The first-order chi connectivity index (χ1) is 10.1. The highest BCUT2D eigenvalue weighted by atomic mass is 35.5. The molecule has 0 amide bonds. The summed E-state index contributed by atoms with van der Waals surface area (Å²) >= 11 is 7.86. The van der Waals surface area contributed by atoms with Crippen LogP contribution in [0.5, 0.6) is 0 Å². The molecule has 2 aromatic heterocycles. The Balaban J connectivity index is 2.42. The topological polar surface area (TPSA) is 29.0 Å². The highest BCUT2D eigenvalue weighted by molar-refractivity contribution is 7.18. The van der Waals surface area contributed by atoms with Gasteiger partial charge in [-0.2, -0.15) is 4.98 Å². The molecule has 0 aromatic carbocycles. The molecule has 2 heterocycles. The Labute approximate surface area is 136 Å². The fraction of sp³-hybridized carbons (Fsp3) is 0.625. The van der Waals surface area contributed by atoms with Gasteiger partial charge in [0.15, 0.2) is 0 Å². The van der Waals surface area contributed by atoms with Crippen molar-refractivity contribution in [3.8, 4) is 0 Å². The van der Waals surface area contributed by atoms with Crippen LogP contribution in [0.15, 0.2) is 6.07 Å². The quantitative estimate of drug-likeness (QED) is 0.510. The Morgan fingerprint density at radius 1 is 1.24 bits per heavy atom. The highest BCUT2D eigenvalue weighted by Crippen LogP contribution is 2.33. The van der Waals surface area contributed by atoms with Gasteiger partial charge in [0, 0.05) is 17.5 Å². The molecule has 2 rings (SSSR count). The maximum absolute atomic E-state index is 6.14. The molecule has 0 saturated carbocycles. The lowest BCUT2D eigenvalue weighted by Crippen LogP contribution is -2.32. The third-order valence-corrected chi connectivity index (χ3v) is 4.99. The molecule has 3 nitrogen and oxygen atoms in total. The van der Waals surface area contributed by atoms with E-state index in [-0.39, 0.29) is 0 Å². The van der Waals surface area contributed by atoms with Crippen molar-refractivity contribution in [1.29, 1.82) is 0 Å². The standard InChI is InChI=1S/C16H24ClN3S/c1-5-7-8-9-20(11(3)4)14-13-10-12(6-2)21-15(13)19-16(17)18-14/h10-11H,5-9H2,1-4H3. The van der Waals surface area contributed by atoms with Crippen LogP contribution in [0, 0.1) is 0 Å². The van der Waals surface area contributed by atoms with Crippen LogP contribution < -0.4 is 4.90 Å². The minimum absolute atomic E-state index is 0.350. The molecular formula is C16H24ClN3S. The maximum Gasteiger partial charge on any atom is 0.225 e. The number of anilines is 1. The second-order valence-electron chi connectivity index (χ2n) is 5.60. The average Bonchev–Trinajstić information content (AvgIpc) is 2.85. The summed E-state index contributed by atoms with van der Waals surface area (Å²) in [6.07, 6.45) is 4.68. The minimum atomic E-state index is 0.350. The number of hydrogen-bond donors (Lipinski definition) is 0. The molecule has 21 heavy (non-hydrogen) atoms. The molecule has 0 aliphatic heterocycles. The number of unbranched alkanes of at least 4 members (excludes halogenated alkanes) is 2. The fourth-order valence-electron chi connectivity index (χ4n) is 2.46. The molecule has 0 N–H and O–H groups in total. The van der Waals surface area contributed by atoms with E-state index in [1.807, 2.05) is 0 Å². The molecular weight excluding hydrogens is 302 g/mol. The largest absolute Gasteiger partial charge is 0.354 e. The van der Waals surface area contributed by atoms with E-state index in [9.17, 15) is 0 Å². The highest BCUT2D eigenvalue weighted by Gasteiger charge is 2.18. The van der Waals surface area contributed by atoms with Crippen molar-refractivity contribution in [2.24, 2.45) is 0 Å². The van der Waals surface area contributed by atoms with Gasteiger partial charge in [0.2, 0.25) is 5.28 Å². The smallest absolute Gasteiger partial charge is 0.225 e. The lowest BCUT2D eigenvalue weighted by molar-refractivity contribution is 0.621. The molecule has 116 valence electrons. The number of rotatable bonds is 7. The van der Waals surface area contributed by atoms with Gasteiger partial charge in [-0.05, 0) is 44.4 Å². The van der Waals surface area contributed by atoms with E-state index >= 15 is 0 Å². The average molecular weight is 326 g/mol. The summed E-state index contributed by atoms with van der Waals surface area (Å²) in [4.78, 5) is 13.6. The van der Waals surface area contributed by atoms with Gasteiger partial charge in [-0.3, -0.25) is 0 Å². The Bertz CT molecular complexity index is 594. The number of hydrogen-bond acceptors (Lipinski definition) is 4. The number of aromatic nitrogens is 2. The van der Waals surface area contributed by atoms with Crippen LogP contribution in [0.3, 0.4) is 0 Å². The first-order valence-electron chi connectivity index (χ1n) is 7.79. The molecule has 0 bridgehead atoms. The van der Waals surface area contributed by atoms with E-state index < -0.39 is 0 Å². The Kier molecular flexibility index (Phi) is 5.82. The van der Waals surface area contributed by atoms with Gasteiger partial charge < -0.3 is 4.90 Å². The zero-order chi connectivity index (χ0) is 15.4. The molecule has 2 aromatic rings. The zero-order valence-electron chi connectivity index (χ0n) is 13.3. The van der Waals surface area contributed by atoms with E-state index in [2.05, 4.69) is 48.6 Å². The van der Waals surface area contributed by atoms with Crippen LogP contribution in [0.1, 0.15) is 51.8 Å². The van der Waals surface area contributed by atoms with Crippen LogP contribution in [-0.4, -0.2) is 22.6 Å². The van der Waals surface area contributed by atoms with Crippen molar-refractivity contribution in [3.05, 3.63) is 16.2 Å². The van der Waals surface area contributed by atoms with Crippen LogP contribution in [0.4, 0.5) is 5.82 Å².